The van der Waals surface area contributed by atoms with Gasteiger partial charge >= 0.3 is 0 Å². The quantitative estimate of drug-likeness (QED) is 0.482. The van der Waals surface area contributed by atoms with Gasteiger partial charge in [-0.15, -0.1) is 0 Å². The molecule has 1 aliphatic carbocycles. The van der Waals surface area contributed by atoms with Gasteiger partial charge in [0.25, 0.3) is 5.92 Å². The first-order valence-electron chi connectivity index (χ1n) is 10.7. The number of aryl methyl sites for hydroxylation is 1. The van der Waals surface area contributed by atoms with Crippen molar-refractivity contribution in [2.75, 3.05) is 0 Å². The Balaban J connectivity index is 1.64. The van der Waals surface area contributed by atoms with Crippen molar-refractivity contribution in [2.24, 2.45) is 5.41 Å². The molecule has 0 saturated heterocycles. The standard InChI is InChI=1S/C25H30F2N2OS/c1-17-7-5-6-8-21(17)18-9-10-22-19(14-28-31(30)20-12-25(26,27)13-20)15-29(23(22)11-18)16-24(2,3)4/h5-11,15,20,28H,12-14,16H2,1-4H3. The number of hydrogen-bond donors (Lipinski definition) is 1. The van der Waals surface area contributed by atoms with Crippen LogP contribution in [0.2, 0.25) is 0 Å². The molecule has 0 spiro atoms. The van der Waals surface area contributed by atoms with Crippen LogP contribution < -0.4 is 4.72 Å². The number of benzene rings is 2. The van der Waals surface area contributed by atoms with Crippen molar-refractivity contribution in [3.63, 3.8) is 0 Å². The SMILES string of the molecule is Cc1ccccc1-c1ccc2c(CNS(=O)C3CC(F)(F)C3)cn(CC(C)(C)C)c2c1. The molecule has 1 saturated carbocycles. The van der Waals surface area contributed by atoms with Crippen LogP contribution in [0.1, 0.15) is 44.7 Å². The van der Waals surface area contributed by atoms with Crippen LogP contribution in [-0.4, -0.2) is 19.9 Å². The van der Waals surface area contributed by atoms with E-state index in [2.05, 4.69) is 79.6 Å². The summed E-state index contributed by atoms with van der Waals surface area (Å²) in [7, 11) is -1.45. The minimum absolute atomic E-state index is 0.0929. The van der Waals surface area contributed by atoms with Gasteiger partial charge in [-0.1, -0.05) is 57.2 Å². The molecule has 2 aromatic carbocycles. The Morgan fingerprint density at radius 3 is 2.52 bits per heavy atom. The molecule has 3 nitrogen and oxygen atoms in total. The lowest BCUT2D eigenvalue weighted by molar-refractivity contribution is -0.0678. The lowest BCUT2D eigenvalue weighted by Crippen LogP contribution is -2.45. The van der Waals surface area contributed by atoms with E-state index >= 15 is 0 Å². The number of nitrogens with zero attached hydrogens (tertiary/aromatic N) is 1. The largest absolute Gasteiger partial charge is 0.347 e. The van der Waals surface area contributed by atoms with Crippen LogP contribution >= 0.6 is 0 Å². The molecule has 0 amide bonds. The van der Waals surface area contributed by atoms with E-state index < -0.39 is 22.2 Å². The second kappa shape index (κ2) is 8.14. The first-order chi connectivity index (χ1) is 14.5. The number of rotatable bonds is 6. The Labute approximate surface area is 185 Å². The summed E-state index contributed by atoms with van der Waals surface area (Å²) in [6, 6.07) is 14.8. The highest BCUT2D eigenvalue weighted by molar-refractivity contribution is 7.83. The Hall–Kier alpha value is -2.05. The maximum atomic E-state index is 13.1. The summed E-state index contributed by atoms with van der Waals surface area (Å²) >= 11 is 0. The van der Waals surface area contributed by atoms with E-state index in [-0.39, 0.29) is 18.3 Å². The van der Waals surface area contributed by atoms with Gasteiger partial charge in [0.15, 0.2) is 0 Å². The summed E-state index contributed by atoms with van der Waals surface area (Å²) in [5.41, 5.74) is 5.86. The van der Waals surface area contributed by atoms with Crippen LogP contribution in [0.3, 0.4) is 0 Å². The van der Waals surface area contributed by atoms with Gasteiger partial charge in [0.2, 0.25) is 0 Å². The molecule has 1 aliphatic rings. The van der Waals surface area contributed by atoms with E-state index in [4.69, 9.17) is 0 Å². The van der Waals surface area contributed by atoms with Crippen molar-refractivity contribution >= 4 is 21.9 Å². The molecular formula is C25H30F2N2OS. The van der Waals surface area contributed by atoms with E-state index in [1.165, 1.54) is 16.7 Å². The molecule has 166 valence electrons. The maximum Gasteiger partial charge on any atom is 0.250 e. The topological polar surface area (TPSA) is 34.0 Å². The summed E-state index contributed by atoms with van der Waals surface area (Å²) in [5.74, 6) is -2.66. The zero-order valence-corrected chi connectivity index (χ0v) is 19.4. The molecule has 1 unspecified atom stereocenters. The van der Waals surface area contributed by atoms with Crippen LogP contribution in [0, 0.1) is 12.3 Å². The fourth-order valence-corrected chi connectivity index (χ4v) is 5.56. The fourth-order valence-electron chi connectivity index (χ4n) is 4.24. The molecular weight excluding hydrogens is 414 g/mol. The highest BCUT2D eigenvalue weighted by Crippen LogP contribution is 2.40. The first kappa shape index (κ1) is 22.2. The predicted molar refractivity (Wildman–Crippen MR) is 125 cm³/mol. The summed E-state index contributed by atoms with van der Waals surface area (Å²) < 4.78 is 43.9. The lowest BCUT2D eigenvalue weighted by Gasteiger charge is -2.33. The van der Waals surface area contributed by atoms with E-state index in [0.717, 1.165) is 23.0 Å². The van der Waals surface area contributed by atoms with E-state index in [0.29, 0.717) is 6.54 Å². The van der Waals surface area contributed by atoms with Gasteiger partial charge in [0, 0.05) is 43.0 Å². The number of hydrogen-bond acceptors (Lipinski definition) is 1. The Kier molecular flexibility index (Phi) is 5.81. The van der Waals surface area contributed by atoms with E-state index in [1.807, 2.05) is 6.07 Å². The molecule has 31 heavy (non-hydrogen) atoms. The average Bonchev–Trinajstić information content (AvgIpc) is 2.99. The van der Waals surface area contributed by atoms with Gasteiger partial charge in [0.05, 0.1) is 16.2 Å². The average molecular weight is 445 g/mol. The van der Waals surface area contributed by atoms with Crippen molar-refractivity contribution in [3.05, 3.63) is 59.8 Å². The maximum absolute atomic E-state index is 13.1. The summed E-state index contributed by atoms with van der Waals surface area (Å²) in [6.07, 6.45) is 1.52. The fraction of sp³-hybridized carbons (Fsp3) is 0.440. The van der Waals surface area contributed by atoms with Gasteiger partial charge in [-0.3, -0.25) is 0 Å². The van der Waals surface area contributed by atoms with Crippen molar-refractivity contribution in [2.45, 2.75) is 64.8 Å². The predicted octanol–water partition coefficient (Wildman–Crippen LogP) is 6.21. The van der Waals surface area contributed by atoms with Crippen LogP contribution in [0.4, 0.5) is 8.78 Å². The van der Waals surface area contributed by atoms with Crippen LogP contribution in [0.15, 0.2) is 48.7 Å². The Morgan fingerprint density at radius 2 is 1.87 bits per heavy atom. The summed E-state index contributed by atoms with van der Waals surface area (Å²) in [4.78, 5) is 0. The second-order valence-corrected chi connectivity index (χ2v) is 11.4. The van der Waals surface area contributed by atoms with E-state index in [9.17, 15) is 13.0 Å². The minimum Gasteiger partial charge on any atom is -0.347 e. The third kappa shape index (κ3) is 4.90. The van der Waals surface area contributed by atoms with Crippen molar-refractivity contribution in [1.82, 2.24) is 9.29 Å². The van der Waals surface area contributed by atoms with Crippen LogP contribution in [0.5, 0.6) is 0 Å². The molecule has 1 aromatic heterocycles. The molecule has 1 heterocycles. The zero-order chi connectivity index (χ0) is 22.4. The first-order valence-corrected chi connectivity index (χ1v) is 11.9. The van der Waals surface area contributed by atoms with E-state index in [1.54, 1.807) is 0 Å². The number of fused-ring (bicyclic) bond motifs is 1. The van der Waals surface area contributed by atoms with Crippen molar-refractivity contribution in [1.29, 1.82) is 0 Å². The third-order valence-corrected chi connectivity index (χ3v) is 7.19. The van der Waals surface area contributed by atoms with Gasteiger partial charge < -0.3 is 4.57 Å². The molecule has 6 heteroatoms. The summed E-state index contributed by atoms with van der Waals surface area (Å²) in [6.45, 7) is 9.96. The second-order valence-electron chi connectivity index (χ2n) is 9.89. The molecule has 3 aromatic rings. The smallest absolute Gasteiger partial charge is 0.250 e. The van der Waals surface area contributed by atoms with Gasteiger partial charge in [0.1, 0.15) is 0 Å². The third-order valence-electron chi connectivity index (χ3n) is 5.83. The van der Waals surface area contributed by atoms with Gasteiger partial charge in [-0.05, 0) is 40.7 Å². The molecule has 1 atom stereocenters. The molecule has 4 rings (SSSR count). The summed E-state index contributed by atoms with van der Waals surface area (Å²) in [5, 5.41) is 0.635. The zero-order valence-electron chi connectivity index (χ0n) is 18.5. The number of aromatic nitrogens is 1. The number of alkyl halides is 2. The lowest BCUT2D eigenvalue weighted by atomic mass is 9.94. The molecule has 0 radical (unpaired) electrons. The minimum atomic E-state index is -2.66. The number of nitrogens with one attached hydrogen (secondary N) is 1. The molecule has 0 bridgehead atoms. The van der Waals surface area contributed by atoms with Gasteiger partial charge in [-0.25, -0.2) is 17.7 Å². The Bertz CT molecular complexity index is 1120. The highest BCUT2D eigenvalue weighted by atomic mass is 32.2. The van der Waals surface area contributed by atoms with Crippen molar-refractivity contribution < 1.29 is 13.0 Å². The van der Waals surface area contributed by atoms with Crippen LogP contribution in [0.25, 0.3) is 22.0 Å². The Morgan fingerprint density at radius 1 is 1.16 bits per heavy atom. The van der Waals surface area contributed by atoms with Crippen molar-refractivity contribution in [3.8, 4) is 11.1 Å². The number of halogens is 2. The molecule has 1 N–H and O–H groups in total. The molecule has 1 fully saturated rings. The van der Waals surface area contributed by atoms with Crippen LogP contribution in [-0.2, 0) is 24.1 Å². The normalized spacial score (nSPS) is 17.6. The monoisotopic (exact) mass is 444 g/mol. The van der Waals surface area contributed by atoms with Gasteiger partial charge in [-0.2, -0.15) is 0 Å². The molecule has 0 aliphatic heterocycles. The highest BCUT2D eigenvalue weighted by Gasteiger charge is 2.48.